The van der Waals surface area contributed by atoms with Crippen molar-refractivity contribution in [2.75, 3.05) is 32.7 Å². The highest BCUT2D eigenvalue weighted by atomic mass is 16.3. The Morgan fingerprint density at radius 3 is 2.57 bits per heavy atom. The quantitative estimate of drug-likeness (QED) is 0.815. The Bertz CT molecular complexity index is 472. The summed E-state index contributed by atoms with van der Waals surface area (Å²) in [6.45, 7) is 9.10. The molecule has 0 saturated carbocycles. The van der Waals surface area contributed by atoms with Crippen LogP contribution >= 0.6 is 0 Å². The Balaban J connectivity index is 1.87. The zero-order valence-corrected chi connectivity index (χ0v) is 13.1. The molecule has 0 atom stereocenters. The van der Waals surface area contributed by atoms with Crippen LogP contribution in [0.15, 0.2) is 0 Å². The van der Waals surface area contributed by atoms with Crippen molar-refractivity contribution in [3.05, 3.63) is 11.6 Å². The van der Waals surface area contributed by atoms with E-state index < -0.39 is 5.60 Å². The van der Waals surface area contributed by atoms with Crippen LogP contribution in [-0.4, -0.2) is 74.3 Å². The minimum Gasteiger partial charge on any atom is -0.389 e. The van der Waals surface area contributed by atoms with Crippen LogP contribution in [0.25, 0.3) is 0 Å². The molecule has 7 heteroatoms. The summed E-state index contributed by atoms with van der Waals surface area (Å²) in [5.74, 6) is 0.910. The van der Waals surface area contributed by atoms with E-state index in [2.05, 4.69) is 27.0 Å². The third kappa shape index (κ3) is 4.50. The topological polar surface area (TPSA) is 85.3 Å². The molecule has 1 aromatic heterocycles. The number of aromatic nitrogens is 3. The molecule has 1 aliphatic rings. The number of H-pyrrole nitrogens is 1. The second-order valence-electron chi connectivity index (χ2n) is 6.24. The third-order valence-corrected chi connectivity index (χ3v) is 3.48. The fourth-order valence-corrected chi connectivity index (χ4v) is 2.54. The molecule has 0 bridgehead atoms. The zero-order valence-electron chi connectivity index (χ0n) is 13.1. The number of β-amino-alcohol motifs (C(OH)–C–C–N with tert-alkyl or cyclic N) is 1. The van der Waals surface area contributed by atoms with Gasteiger partial charge in [-0.25, -0.2) is 4.98 Å². The molecule has 0 radical (unpaired) electrons. The number of aromatic amines is 1. The van der Waals surface area contributed by atoms with Gasteiger partial charge in [-0.3, -0.25) is 14.8 Å². The molecule has 1 amide bonds. The van der Waals surface area contributed by atoms with Crippen molar-refractivity contribution in [3.63, 3.8) is 0 Å². The number of carbonyl (C=O) groups is 1. The van der Waals surface area contributed by atoms with Gasteiger partial charge in [-0.1, -0.05) is 6.92 Å². The first-order valence-corrected chi connectivity index (χ1v) is 7.54. The van der Waals surface area contributed by atoms with Crippen molar-refractivity contribution in [2.24, 2.45) is 0 Å². The lowest BCUT2D eigenvalue weighted by molar-refractivity contribution is 0.0176. The predicted octanol–water partition coefficient (Wildman–Crippen LogP) is 0.286. The van der Waals surface area contributed by atoms with Gasteiger partial charge in [0.1, 0.15) is 5.82 Å². The Morgan fingerprint density at radius 2 is 2.00 bits per heavy atom. The van der Waals surface area contributed by atoms with Crippen LogP contribution in [0.4, 0.5) is 0 Å². The summed E-state index contributed by atoms with van der Waals surface area (Å²) in [5.41, 5.74) is -0.703. The van der Waals surface area contributed by atoms with Crippen molar-refractivity contribution in [2.45, 2.75) is 39.2 Å². The van der Waals surface area contributed by atoms with Gasteiger partial charge < -0.3 is 10.0 Å². The highest BCUT2D eigenvalue weighted by molar-refractivity contribution is 5.90. The summed E-state index contributed by atoms with van der Waals surface area (Å²) in [6, 6.07) is 0. The van der Waals surface area contributed by atoms with E-state index in [1.54, 1.807) is 18.7 Å². The van der Waals surface area contributed by atoms with Gasteiger partial charge in [-0.15, -0.1) is 5.10 Å². The number of amides is 1. The van der Waals surface area contributed by atoms with Gasteiger partial charge in [0.15, 0.2) is 0 Å². The minimum atomic E-state index is -0.703. The molecule has 2 rings (SSSR count). The Labute approximate surface area is 125 Å². The molecule has 0 aromatic carbocycles. The largest absolute Gasteiger partial charge is 0.389 e. The van der Waals surface area contributed by atoms with E-state index in [0.717, 1.165) is 31.8 Å². The number of hydrogen-bond acceptors (Lipinski definition) is 5. The van der Waals surface area contributed by atoms with E-state index in [9.17, 15) is 9.90 Å². The lowest BCUT2D eigenvalue weighted by Crippen LogP contribution is -2.52. The van der Waals surface area contributed by atoms with Crippen molar-refractivity contribution in [1.29, 1.82) is 0 Å². The van der Waals surface area contributed by atoms with Gasteiger partial charge in [0.25, 0.3) is 5.91 Å². The first-order chi connectivity index (χ1) is 9.89. The molecule has 0 spiro atoms. The van der Waals surface area contributed by atoms with Crippen LogP contribution in [0.3, 0.4) is 0 Å². The Hall–Kier alpha value is -1.47. The zero-order chi connectivity index (χ0) is 15.5. The molecule has 21 heavy (non-hydrogen) atoms. The van der Waals surface area contributed by atoms with Gasteiger partial charge in [0.05, 0.1) is 5.60 Å². The fraction of sp³-hybridized carbons (Fsp3) is 0.786. The van der Waals surface area contributed by atoms with Gasteiger partial charge in [0, 0.05) is 39.1 Å². The van der Waals surface area contributed by atoms with Crippen molar-refractivity contribution in [3.8, 4) is 0 Å². The van der Waals surface area contributed by atoms with Crippen molar-refractivity contribution >= 4 is 5.91 Å². The average molecular weight is 295 g/mol. The number of rotatable bonds is 5. The van der Waals surface area contributed by atoms with E-state index in [1.165, 1.54) is 0 Å². The van der Waals surface area contributed by atoms with Gasteiger partial charge in [-0.05, 0) is 20.3 Å². The van der Waals surface area contributed by atoms with Crippen LogP contribution in [-0.2, 0) is 6.42 Å². The number of aliphatic hydroxyl groups is 1. The first kappa shape index (κ1) is 15.9. The van der Waals surface area contributed by atoms with Crippen LogP contribution < -0.4 is 0 Å². The molecule has 0 unspecified atom stereocenters. The SMILES string of the molecule is CCCc1nc(C(=O)N2CCN(CC(C)(C)O)CC2)n[nH]1. The number of nitrogens with one attached hydrogen (secondary N) is 1. The third-order valence-electron chi connectivity index (χ3n) is 3.48. The summed E-state index contributed by atoms with van der Waals surface area (Å²) in [4.78, 5) is 20.5. The van der Waals surface area contributed by atoms with Crippen LogP contribution in [0, 0.1) is 0 Å². The summed E-state index contributed by atoms with van der Waals surface area (Å²) < 4.78 is 0. The number of carbonyl (C=O) groups excluding carboxylic acids is 1. The summed E-state index contributed by atoms with van der Waals surface area (Å²) in [5, 5.41) is 16.7. The van der Waals surface area contributed by atoms with E-state index in [4.69, 9.17) is 0 Å². The highest BCUT2D eigenvalue weighted by Crippen LogP contribution is 2.10. The van der Waals surface area contributed by atoms with Crippen LogP contribution in [0.1, 0.15) is 43.6 Å². The van der Waals surface area contributed by atoms with E-state index in [-0.39, 0.29) is 11.7 Å². The summed E-state index contributed by atoms with van der Waals surface area (Å²) in [7, 11) is 0. The lowest BCUT2D eigenvalue weighted by Gasteiger charge is -2.36. The number of nitrogens with zero attached hydrogens (tertiary/aromatic N) is 4. The van der Waals surface area contributed by atoms with Crippen molar-refractivity contribution in [1.82, 2.24) is 25.0 Å². The molecular formula is C14H25N5O2. The second kappa shape index (κ2) is 6.53. The predicted molar refractivity (Wildman–Crippen MR) is 79.0 cm³/mol. The first-order valence-electron chi connectivity index (χ1n) is 7.54. The molecular weight excluding hydrogens is 270 g/mol. The smallest absolute Gasteiger partial charge is 0.293 e. The molecule has 2 N–H and O–H groups in total. The number of piperazine rings is 1. The highest BCUT2D eigenvalue weighted by Gasteiger charge is 2.27. The molecule has 118 valence electrons. The molecule has 1 saturated heterocycles. The lowest BCUT2D eigenvalue weighted by atomic mass is 10.1. The maximum atomic E-state index is 12.3. The molecule has 1 fully saturated rings. The molecule has 1 aromatic rings. The molecule has 0 aliphatic carbocycles. The minimum absolute atomic E-state index is 0.114. The molecule has 7 nitrogen and oxygen atoms in total. The number of aryl methyl sites for hydroxylation is 1. The van der Waals surface area contributed by atoms with Gasteiger partial charge in [0.2, 0.25) is 5.82 Å². The summed E-state index contributed by atoms with van der Waals surface area (Å²) in [6.07, 6.45) is 1.78. The van der Waals surface area contributed by atoms with Gasteiger partial charge in [-0.2, -0.15) is 0 Å². The average Bonchev–Trinajstić information content (AvgIpc) is 2.86. The van der Waals surface area contributed by atoms with Crippen LogP contribution in [0.2, 0.25) is 0 Å². The normalized spacial score (nSPS) is 17.2. The molecule has 1 aliphatic heterocycles. The summed E-state index contributed by atoms with van der Waals surface area (Å²) >= 11 is 0. The maximum absolute atomic E-state index is 12.3. The van der Waals surface area contributed by atoms with E-state index in [1.807, 2.05) is 0 Å². The second-order valence-corrected chi connectivity index (χ2v) is 6.24. The Kier molecular flexibility index (Phi) is 4.95. The standard InChI is InChI=1S/C14H25N5O2/c1-4-5-11-15-12(17-16-11)13(20)19-8-6-18(7-9-19)10-14(2,3)21/h21H,4-10H2,1-3H3,(H,15,16,17). The van der Waals surface area contributed by atoms with E-state index >= 15 is 0 Å². The monoisotopic (exact) mass is 295 g/mol. The van der Waals surface area contributed by atoms with Crippen molar-refractivity contribution < 1.29 is 9.90 Å². The van der Waals surface area contributed by atoms with Gasteiger partial charge >= 0.3 is 0 Å². The van der Waals surface area contributed by atoms with E-state index in [0.29, 0.717) is 19.6 Å². The number of hydrogen-bond donors (Lipinski definition) is 2. The Morgan fingerprint density at radius 1 is 1.33 bits per heavy atom. The fourth-order valence-electron chi connectivity index (χ4n) is 2.54. The van der Waals surface area contributed by atoms with Crippen LogP contribution in [0.5, 0.6) is 0 Å². The molecule has 2 heterocycles. The maximum Gasteiger partial charge on any atom is 0.293 e.